The van der Waals surface area contributed by atoms with Gasteiger partial charge < -0.3 is 14.8 Å². The van der Waals surface area contributed by atoms with E-state index in [-0.39, 0.29) is 10.5 Å². The molecule has 1 amide bonds. The maximum atomic E-state index is 13.1. The van der Waals surface area contributed by atoms with Gasteiger partial charge in [0, 0.05) is 7.05 Å². The Labute approximate surface area is 205 Å². The van der Waals surface area contributed by atoms with E-state index in [1.807, 2.05) is 0 Å². The number of nitriles is 1. The van der Waals surface area contributed by atoms with E-state index in [0.29, 0.717) is 24.3 Å². The molecular weight excluding hydrogens is 470 g/mol. The number of nitrogens with zero attached hydrogens (tertiary/aromatic N) is 2. The van der Waals surface area contributed by atoms with Crippen molar-refractivity contribution >= 4 is 27.6 Å². The lowest BCUT2D eigenvalue weighted by Gasteiger charge is -2.32. The average Bonchev–Trinajstić information content (AvgIpc) is 2.88. The van der Waals surface area contributed by atoms with E-state index in [2.05, 4.69) is 11.4 Å². The Hall–Kier alpha value is -3.58. The lowest BCUT2D eigenvalue weighted by atomic mass is 9.83. The summed E-state index contributed by atoms with van der Waals surface area (Å²) < 4.78 is 37.8. The van der Waals surface area contributed by atoms with Gasteiger partial charge in [-0.05, 0) is 56.2 Å². The number of esters is 1. The van der Waals surface area contributed by atoms with E-state index in [9.17, 15) is 23.3 Å². The molecule has 0 radical (unpaired) electrons. The summed E-state index contributed by atoms with van der Waals surface area (Å²) in [5.74, 6) is -0.916. The molecule has 0 aliphatic heterocycles. The monoisotopic (exact) mass is 499 g/mol. The Morgan fingerprint density at radius 2 is 1.71 bits per heavy atom. The minimum atomic E-state index is -3.92. The topological polar surface area (TPSA) is 126 Å². The number of anilines is 1. The highest BCUT2D eigenvalue weighted by Gasteiger charge is 2.35. The highest BCUT2D eigenvalue weighted by molar-refractivity contribution is 7.92. The molecule has 0 heterocycles. The van der Waals surface area contributed by atoms with Crippen molar-refractivity contribution in [1.29, 1.82) is 5.26 Å². The first-order valence-electron chi connectivity index (χ1n) is 11.3. The van der Waals surface area contributed by atoms with E-state index in [4.69, 9.17) is 9.47 Å². The zero-order chi connectivity index (χ0) is 25.6. The molecule has 1 unspecified atom stereocenters. The largest absolute Gasteiger partial charge is 0.495 e. The van der Waals surface area contributed by atoms with Gasteiger partial charge >= 0.3 is 5.97 Å². The Morgan fingerprint density at radius 1 is 1.09 bits per heavy atom. The normalized spacial score (nSPS) is 15.8. The number of benzene rings is 2. The fraction of sp³-hybridized carbons (Fsp3) is 0.400. The number of ether oxygens (including phenoxy) is 2. The summed E-state index contributed by atoms with van der Waals surface area (Å²) >= 11 is 0. The Kier molecular flexibility index (Phi) is 8.02. The molecule has 1 aliphatic rings. The molecule has 0 bridgehead atoms. The number of hydrogen-bond acceptors (Lipinski definition) is 7. The van der Waals surface area contributed by atoms with Gasteiger partial charge in [0.1, 0.15) is 11.3 Å². The van der Waals surface area contributed by atoms with E-state index >= 15 is 0 Å². The molecule has 1 aliphatic carbocycles. The first-order valence-corrected chi connectivity index (χ1v) is 12.7. The molecule has 1 N–H and O–H groups in total. The standard InChI is InChI=1S/C25H29N3O6S/c1-18(23(29)27-25(17-26)15-7-4-8-16-25)34-24(30)19-11-13-20(14-12-19)35(31,32)28(2)21-9-5-6-10-22(21)33-3/h5-6,9-14,18H,4,7-8,15-16H2,1-3H3,(H,27,29). The maximum absolute atomic E-state index is 13.1. The van der Waals surface area contributed by atoms with Gasteiger partial charge in [-0.25, -0.2) is 13.2 Å². The Bertz CT molecular complexity index is 1210. The molecule has 9 nitrogen and oxygen atoms in total. The first kappa shape index (κ1) is 26.0. The van der Waals surface area contributed by atoms with E-state index in [0.717, 1.165) is 23.6 Å². The van der Waals surface area contributed by atoms with Gasteiger partial charge in [0.25, 0.3) is 15.9 Å². The third kappa shape index (κ3) is 5.74. The number of carbonyl (C=O) groups is 2. The van der Waals surface area contributed by atoms with Gasteiger partial charge in [-0.1, -0.05) is 31.4 Å². The SMILES string of the molecule is COc1ccccc1N(C)S(=O)(=O)c1ccc(C(=O)OC(C)C(=O)NC2(C#N)CCCCC2)cc1. The van der Waals surface area contributed by atoms with Gasteiger partial charge in [-0.15, -0.1) is 0 Å². The molecule has 3 rings (SSSR count). The van der Waals surface area contributed by atoms with Crippen LogP contribution in [0, 0.1) is 11.3 Å². The minimum Gasteiger partial charge on any atom is -0.495 e. The minimum absolute atomic E-state index is 0.0264. The van der Waals surface area contributed by atoms with Crippen LogP contribution >= 0.6 is 0 Å². The summed E-state index contributed by atoms with van der Waals surface area (Å²) in [6, 6.07) is 14.2. The second kappa shape index (κ2) is 10.8. The molecule has 35 heavy (non-hydrogen) atoms. The molecule has 1 atom stereocenters. The van der Waals surface area contributed by atoms with Crippen molar-refractivity contribution in [2.75, 3.05) is 18.5 Å². The highest BCUT2D eigenvalue weighted by atomic mass is 32.2. The highest BCUT2D eigenvalue weighted by Crippen LogP contribution is 2.31. The summed E-state index contributed by atoms with van der Waals surface area (Å²) in [5, 5.41) is 12.3. The second-order valence-corrected chi connectivity index (χ2v) is 10.4. The van der Waals surface area contributed by atoms with Crippen molar-refractivity contribution in [2.45, 2.75) is 55.6 Å². The molecule has 2 aromatic rings. The molecule has 1 saturated carbocycles. The Morgan fingerprint density at radius 3 is 2.31 bits per heavy atom. The van der Waals surface area contributed by atoms with E-state index in [1.165, 1.54) is 45.3 Å². The van der Waals surface area contributed by atoms with Crippen LogP contribution in [0.4, 0.5) is 5.69 Å². The van der Waals surface area contributed by atoms with E-state index < -0.39 is 33.5 Å². The quantitative estimate of drug-likeness (QED) is 0.552. The van der Waals surface area contributed by atoms with Crippen molar-refractivity contribution < 1.29 is 27.5 Å². The Balaban J connectivity index is 1.68. The summed E-state index contributed by atoms with van der Waals surface area (Å²) in [6.45, 7) is 1.43. The second-order valence-electron chi connectivity index (χ2n) is 8.46. The van der Waals surface area contributed by atoms with Crippen LogP contribution < -0.4 is 14.4 Å². The van der Waals surface area contributed by atoms with Gasteiger partial charge in [0.05, 0.1) is 29.3 Å². The van der Waals surface area contributed by atoms with Crippen LogP contribution in [0.1, 0.15) is 49.4 Å². The number of amides is 1. The van der Waals surface area contributed by atoms with E-state index in [1.54, 1.807) is 24.3 Å². The molecule has 10 heteroatoms. The van der Waals surface area contributed by atoms with Crippen LogP contribution in [-0.2, 0) is 19.6 Å². The van der Waals surface area contributed by atoms with Gasteiger partial charge in [0.15, 0.2) is 6.10 Å². The van der Waals surface area contributed by atoms with Crippen LogP contribution in [0.25, 0.3) is 0 Å². The van der Waals surface area contributed by atoms with Crippen molar-refractivity contribution in [2.24, 2.45) is 0 Å². The van der Waals surface area contributed by atoms with Crippen molar-refractivity contribution in [3.8, 4) is 11.8 Å². The zero-order valence-corrected chi connectivity index (χ0v) is 20.8. The summed E-state index contributed by atoms with van der Waals surface area (Å²) in [5.41, 5.74) is -0.470. The van der Waals surface area contributed by atoms with Crippen LogP contribution in [0.5, 0.6) is 5.75 Å². The third-order valence-electron chi connectivity index (χ3n) is 6.11. The number of carbonyl (C=O) groups excluding carboxylic acids is 2. The third-order valence-corrected chi connectivity index (χ3v) is 7.90. The first-order chi connectivity index (χ1) is 16.6. The number of methoxy groups -OCH3 is 1. The van der Waals surface area contributed by atoms with Gasteiger partial charge in [-0.3, -0.25) is 9.10 Å². The molecule has 186 valence electrons. The summed E-state index contributed by atoms with van der Waals surface area (Å²) in [7, 11) is -1.06. The smallest absolute Gasteiger partial charge is 0.338 e. The predicted molar refractivity (Wildman–Crippen MR) is 129 cm³/mol. The van der Waals surface area contributed by atoms with Crippen LogP contribution in [0.15, 0.2) is 53.4 Å². The molecular formula is C25H29N3O6S. The van der Waals surface area contributed by atoms with Crippen LogP contribution in [-0.4, -0.2) is 46.1 Å². The molecule has 0 aromatic heterocycles. The molecule has 2 aromatic carbocycles. The number of rotatable bonds is 8. The van der Waals surface area contributed by atoms with Crippen molar-refractivity contribution in [3.63, 3.8) is 0 Å². The summed E-state index contributed by atoms with van der Waals surface area (Å²) in [6.07, 6.45) is 2.73. The number of sulfonamides is 1. The molecule has 0 saturated heterocycles. The number of hydrogen-bond donors (Lipinski definition) is 1. The van der Waals surface area contributed by atoms with Gasteiger partial charge in [-0.2, -0.15) is 5.26 Å². The predicted octanol–water partition coefficient (Wildman–Crippen LogP) is 3.41. The fourth-order valence-corrected chi connectivity index (χ4v) is 5.19. The van der Waals surface area contributed by atoms with Crippen molar-refractivity contribution in [1.82, 2.24) is 5.32 Å². The molecule has 1 fully saturated rings. The lowest BCUT2D eigenvalue weighted by molar-refractivity contribution is -0.130. The zero-order valence-electron chi connectivity index (χ0n) is 20.0. The molecule has 0 spiro atoms. The van der Waals surface area contributed by atoms with Crippen LogP contribution in [0.3, 0.4) is 0 Å². The van der Waals surface area contributed by atoms with Crippen LogP contribution in [0.2, 0.25) is 0 Å². The average molecular weight is 500 g/mol. The maximum Gasteiger partial charge on any atom is 0.338 e. The summed E-state index contributed by atoms with van der Waals surface area (Å²) in [4.78, 5) is 25.1. The van der Waals surface area contributed by atoms with Gasteiger partial charge in [0.2, 0.25) is 0 Å². The number of para-hydroxylation sites is 2. The lowest BCUT2D eigenvalue weighted by Crippen LogP contribution is -2.52. The number of nitrogens with one attached hydrogen (secondary N) is 1. The fourth-order valence-electron chi connectivity index (χ4n) is 3.98. The van der Waals surface area contributed by atoms with Crippen molar-refractivity contribution in [3.05, 3.63) is 54.1 Å².